The van der Waals surface area contributed by atoms with E-state index in [9.17, 15) is 4.79 Å². The molecule has 140 valence electrons. The highest BCUT2D eigenvalue weighted by Crippen LogP contribution is 2.07. The molecule has 0 aliphatic carbocycles. The van der Waals surface area contributed by atoms with E-state index >= 15 is 0 Å². The normalized spacial score (nSPS) is 12.9. The third kappa shape index (κ3) is 6.06. The molecule has 1 unspecified atom stereocenters. The van der Waals surface area contributed by atoms with E-state index in [1.165, 1.54) is 0 Å². The molecule has 0 aliphatic rings. The van der Waals surface area contributed by atoms with Gasteiger partial charge in [0, 0.05) is 24.8 Å². The average molecular weight is 354 g/mol. The minimum Gasteiger partial charge on any atom is -0.357 e. The maximum absolute atomic E-state index is 11.8. The Balaban J connectivity index is 2.00. The first-order chi connectivity index (χ1) is 12.5. The second-order valence-electron chi connectivity index (χ2n) is 6.86. The second kappa shape index (κ2) is 9.80. The average Bonchev–Trinajstić information content (AvgIpc) is 2.63. The fraction of sp³-hybridized carbons (Fsp3) is 0.429. The summed E-state index contributed by atoms with van der Waals surface area (Å²) < 4.78 is 1.70. The SMILES string of the molecule is CCNC(=NCc1ccc(Cn2ccccc2=O)cc1)NC(C)C(C)C. The predicted molar refractivity (Wildman–Crippen MR) is 108 cm³/mol. The van der Waals surface area contributed by atoms with Gasteiger partial charge in [-0.2, -0.15) is 0 Å². The van der Waals surface area contributed by atoms with Crippen LogP contribution in [0.2, 0.25) is 0 Å². The Labute approximate surface area is 156 Å². The summed E-state index contributed by atoms with van der Waals surface area (Å²) in [5.74, 6) is 1.38. The molecule has 1 aromatic heterocycles. The summed E-state index contributed by atoms with van der Waals surface area (Å²) in [5, 5.41) is 6.73. The zero-order valence-electron chi connectivity index (χ0n) is 16.2. The lowest BCUT2D eigenvalue weighted by atomic mass is 10.1. The fourth-order valence-corrected chi connectivity index (χ4v) is 2.41. The molecule has 0 saturated heterocycles. The molecule has 1 aromatic carbocycles. The summed E-state index contributed by atoms with van der Waals surface area (Å²) in [6.07, 6.45) is 1.81. The number of aliphatic imine (C=N–C) groups is 1. The van der Waals surface area contributed by atoms with Crippen molar-refractivity contribution < 1.29 is 0 Å². The van der Waals surface area contributed by atoms with Crippen LogP contribution in [0, 0.1) is 5.92 Å². The zero-order chi connectivity index (χ0) is 18.9. The Bertz CT molecular complexity index is 762. The van der Waals surface area contributed by atoms with Crippen molar-refractivity contribution in [3.8, 4) is 0 Å². The molecule has 1 atom stereocenters. The van der Waals surface area contributed by atoms with E-state index in [0.29, 0.717) is 25.0 Å². The van der Waals surface area contributed by atoms with Crippen molar-refractivity contribution in [2.45, 2.75) is 46.8 Å². The van der Waals surface area contributed by atoms with Gasteiger partial charge in [-0.05, 0) is 37.0 Å². The van der Waals surface area contributed by atoms with Gasteiger partial charge in [0.15, 0.2) is 5.96 Å². The van der Waals surface area contributed by atoms with Crippen molar-refractivity contribution in [2.24, 2.45) is 10.9 Å². The zero-order valence-corrected chi connectivity index (χ0v) is 16.2. The van der Waals surface area contributed by atoms with Gasteiger partial charge in [0.2, 0.25) is 0 Å². The predicted octanol–water partition coefficient (Wildman–Crippen LogP) is 3.00. The summed E-state index contributed by atoms with van der Waals surface area (Å²) in [7, 11) is 0. The van der Waals surface area contributed by atoms with Crippen molar-refractivity contribution in [3.05, 3.63) is 70.1 Å². The van der Waals surface area contributed by atoms with Crippen molar-refractivity contribution in [2.75, 3.05) is 6.54 Å². The molecule has 5 nitrogen and oxygen atoms in total. The van der Waals surface area contributed by atoms with Crippen LogP contribution in [0.5, 0.6) is 0 Å². The molecule has 26 heavy (non-hydrogen) atoms. The lowest BCUT2D eigenvalue weighted by Gasteiger charge is -2.20. The van der Waals surface area contributed by atoms with Crippen LogP contribution in [0.25, 0.3) is 0 Å². The molecule has 0 fully saturated rings. The van der Waals surface area contributed by atoms with Crippen LogP contribution in [0.3, 0.4) is 0 Å². The first kappa shape index (κ1) is 19.8. The molecular formula is C21H30N4O. The van der Waals surface area contributed by atoms with Gasteiger partial charge < -0.3 is 15.2 Å². The molecule has 0 amide bonds. The molecule has 0 saturated carbocycles. The summed E-state index contributed by atoms with van der Waals surface area (Å²) in [4.78, 5) is 16.5. The second-order valence-corrected chi connectivity index (χ2v) is 6.86. The third-order valence-electron chi connectivity index (χ3n) is 4.40. The van der Waals surface area contributed by atoms with E-state index < -0.39 is 0 Å². The fourth-order valence-electron chi connectivity index (χ4n) is 2.41. The molecular weight excluding hydrogens is 324 g/mol. The number of nitrogens with zero attached hydrogens (tertiary/aromatic N) is 2. The van der Waals surface area contributed by atoms with E-state index in [1.807, 2.05) is 12.3 Å². The molecule has 5 heteroatoms. The van der Waals surface area contributed by atoms with Crippen molar-refractivity contribution in [1.29, 1.82) is 0 Å². The number of nitrogens with one attached hydrogen (secondary N) is 2. The van der Waals surface area contributed by atoms with Gasteiger partial charge in [0.1, 0.15) is 0 Å². The molecule has 2 aromatic rings. The van der Waals surface area contributed by atoms with Crippen LogP contribution in [0.1, 0.15) is 38.8 Å². The number of pyridine rings is 1. The quantitative estimate of drug-likeness (QED) is 0.594. The van der Waals surface area contributed by atoms with Crippen LogP contribution in [-0.4, -0.2) is 23.1 Å². The Morgan fingerprint density at radius 1 is 1.08 bits per heavy atom. The summed E-state index contributed by atoms with van der Waals surface area (Å²) in [6, 6.07) is 13.8. The van der Waals surface area contributed by atoms with Crippen molar-refractivity contribution in [1.82, 2.24) is 15.2 Å². The summed E-state index contributed by atoms with van der Waals surface area (Å²) >= 11 is 0. The van der Waals surface area contributed by atoms with E-state index in [1.54, 1.807) is 16.7 Å². The monoisotopic (exact) mass is 354 g/mol. The number of hydrogen-bond acceptors (Lipinski definition) is 2. The maximum atomic E-state index is 11.8. The van der Waals surface area contributed by atoms with Gasteiger partial charge in [-0.1, -0.05) is 44.2 Å². The number of rotatable bonds is 7. The van der Waals surface area contributed by atoms with E-state index in [4.69, 9.17) is 0 Å². The maximum Gasteiger partial charge on any atom is 0.250 e. The molecule has 0 aliphatic heterocycles. The summed E-state index contributed by atoms with van der Waals surface area (Å²) in [6.45, 7) is 10.7. The Hall–Kier alpha value is -2.56. The first-order valence-electron chi connectivity index (χ1n) is 9.27. The first-order valence-corrected chi connectivity index (χ1v) is 9.27. The van der Waals surface area contributed by atoms with Gasteiger partial charge in [-0.15, -0.1) is 0 Å². The van der Waals surface area contributed by atoms with Gasteiger partial charge in [-0.25, -0.2) is 4.99 Å². The van der Waals surface area contributed by atoms with E-state index in [-0.39, 0.29) is 5.56 Å². The molecule has 2 rings (SSSR count). The lowest BCUT2D eigenvalue weighted by molar-refractivity contribution is 0.481. The van der Waals surface area contributed by atoms with Crippen LogP contribution in [0.15, 0.2) is 58.4 Å². The largest absolute Gasteiger partial charge is 0.357 e. The smallest absolute Gasteiger partial charge is 0.250 e. The molecule has 1 heterocycles. The number of aromatic nitrogens is 1. The minimum atomic E-state index is 0.0156. The highest BCUT2D eigenvalue weighted by molar-refractivity contribution is 5.80. The van der Waals surface area contributed by atoms with E-state index in [0.717, 1.165) is 23.6 Å². The highest BCUT2D eigenvalue weighted by atomic mass is 16.1. The standard InChI is InChI=1S/C21H30N4O/c1-5-22-21(24-17(4)16(2)3)23-14-18-9-11-19(12-10-18)15-25-13-7-6-8-20(25)26/h6-13,16-17H,5,14-15H2,1-4H3,(H2,22,23,24). The minimum absolute atomic E-state index is 0.0156. The Morgan fingerprint density at radius 2 is 1.77 bits per heavy atom. The van der Waals surface area contributed by atoms with Gasteiger partial charge in [0.05, 0.1) is 13.1 Å². The Morgan fingerprint density at radius 3 is 2.38 bits per heavy atom. The highest BCUT2D eigenvalue weighted by Gasteiger charge is 2.08. The Kier molecular flexibility index (Phi) is 7.45. The van der Waals surface area contributed by atoms with Crippen molar-refractivity contribution in [3.63, 3.8) is 0 Å². The van der Waals surface area contributed by atoms with Crippen LogP contribution in [-0.2, 0) is 13.1 Å². The number of benzene rings is 1. The van der Waals surface area contributed by atoms with Crippen LogP contribution in [0.4, 0.5) is 0 Å². The van der Waals surface area contributed by atoms with Crippen molar-refractivity contribution >= 4 is 5.96 Å². The van der Waals surface area contributed by atoms with Crippen LogP contribution < -0.4 is 16.2 Å². The van der Waals surface area contributed by atoms with Gasteiger partial charge in [-0.3, -0.25) is 4.79 Å². The molecule has 0 bridgehead atoms. The molecule has 0 spiro atoms. The lowest BCUT2D eigenvalue weighted by Crippen LogP contribution is -2.44. The molecule has 0 radical (unpaired) electrons. The number of hydrogen-bond donors (Lipinski definition) is 2. The topological polar surface area (TPSA) is 58.4 Å². The number of guanidine groups is 1. The molecule has 2 N–H and O–H groups in total. The summed E-state index contributed by atoms with van der Waals surface area (Å²) in [5.41, 5.74) is 2.26. The van der Waals surface area contributed by atoms with E-state index in [2.05, 4.69) is 67.6 Å². The van der Waals surface area contributed by atoms with Gasteiger partial charge in [0.25, 0.3) is 5.56 Å². The van der Waals surface area contributed by atoms with Crippen LogP contribution >= 0.6 is 0 Å². The van der Waals surface area contributed by atoms with Gasteiger partial charge >= 0.3 is 0 Å². The third-order valence-corrected chi connectivity index (χ3v) is 4.40.